The zero-order valence-corrected chi connectivity index (χ0v) is 19.6. The summed E-state index contributed by atoms with van der Waals surface area (Å²) < 4.78 is 12.2. The van der Waals surface area contributed by atoms with Crippen molar-refractivity contribution >= 4 is 34.2 Å². The molecule has 4 aromatic rings. The predicted octanol–water partition coefficient (Wildman–Crippen LogP) is 5.25. The van der Waals surface area contributed by atoms with E-state index in [1.807, 2.05) is 61.5 Å². The quantitative estimate of drug-likeness (QED) is 0.346. The summed E-state index contributed by atoms with van der Waals surface area (Å²) >= 11 is 0. The van der Waals surface area contributed by atoms with Gasteiger partial charge in [-0.3, -0.25) is 14.4 Å². The smallest absolute Gasteiger partial charge is 0.307 e. The summed E-state index contributed by atoms with van der Waals surface area (Å²) in [4.78, 5) is 39.6. The van der Waals surface area contributed by atoms with E-state index in [4.69, 9.17) is 14.6 Å². The minimum absolute atomic E-state index is 0.153. The highest BCUT2D eigenvalue weighted by Crippen LogP contribution is 2.46. The molecule has 0 atom stereocenters. The van der Waals surface area contributed by atoms with Gasteiger partial charge < -0.3 is 14.6 Å². The van der Waals surface area contributed by atoms with Crippen molar-refractivity contribution in [2.24, 2.45) is 0 Å². The number of anilines is 1. The average Bonchev–Trinajstić information content (AvgIpc) is 3.14. The maximum Gasteiger partial charge on any atom is 0.307 e. The molecule has 0 saturated heterocycles. The van der Waals surface area contributed by atoms with Crippen molar-refractivity contribution in [2.75, 3.05) is 11.5 Å². The number of hydrogen-bond acceptors (Lipinski definition) is 5. The van der Waals surface area contributed by atoms with E-state index in [9.17, 15) is 14.4 Å². The van der Waals surface area contributed by atoms with E-state index in [-0.39, 0.29) is 24.2 Å². The van der Waals surface area contributed by atoms with Crippen LogP contribution in [0.15, 0.2) is 78.9 Å². The summed E-state index contributed by atoms with van der Waals surface area (Å²) in [7, 11) is 0. The molecule has 0 radical (unpaired) electrons. The lowest BCUT2D eigenvalue weighted by Crippen LogP contribution is -2.29. The van der Waals surface area contributed by atoms with Crippen molar-refractivity contribution in [1.82, 2.24) is 0 Å². The van der Waals surface area contributed by atoms with Gasteiger partial charge in [0.1, 0.15) is 18.1 Å². The number of carbonyl (C=O) groups excluding carboxylic acids is 2. The van der Waals surface area contributed by atoms with Crippen molar-refractivity contribution in [3.8, 4) is 11.5 Å². The number of carbonyl (C=O) groups is 3. The minimum atomic E-state index is -0.961. The maximum absolute atomic E-state index is 13.8. The normalized spacial score (nSPS) is 12.6. The second-order valence-electron chi connectivity index (χ2n) is 8.34. The molecule has 0 aromatic heterocycles. The van der Waals surface area contributed by atoms with Crippen LogP contribution in [0.3, 0.4) is 0 Å². The Morgan fingerprint density at radius 3 is 1.86 bits per heavy atom. The fraction of sp³-hybridized carbons (Fsp3) is 0.138. The monoisotopic (exact) mass is 481 g/mol. The third kappa shape index (κ3) is 4.05. The van der Waals surface area contributed by atoms with Crippen LogP contribution in [0.5, 0.6) is 11.5 Å². The minimum Gasteiger partial charge on any atom is -0.492 e. The maximum atomic E-state index is 13.8. The molecule has 0 fully saturated rings. The Labute approximate surface area is 207 Å². The lowest BCUT2D eigenvalue weighted by molar-refractivity contribution is -0.136. The molecule has 0 spiro atoms. The fourth-order valence-corrected chi connectivity index (χ4v) is 4.45. The Kier molecular flexibility index (Phi) is 6.12. The molecule has 180 valence electrons. The summed E-state index contributed by atoms with van der Waals surface area (Å²) in [6.07, 6.45) is -0.153. The molecule has 7 nitrogen and oxygen atoms in total. The number of nitrogens with zero attached hydrogens (tertiary/aromatic N) is 1. The topological polar surface area (TPSA) is 93.1 Å². The van der Waals surface area contributed by atoms with Gasteiger partial charge in [-0.15, -0.1) is 0 Å². The van der Waals surface area contributed by atoms with Crippen LogP contribution >= 0.6 is 0 Å². The molecule has 1 aliphatic rings. The summed E-state index contributed by atoms with van der Waals surface area (Å²) in [5, 5.41) is 10.4. The molecule has 0 unspecified atom stereocenters. The average molecular weight is 482 g/mol. The first-order valence-corrected chi connectivity index (χ1v) is 11.6. The van der Waals surface area contributed by atoms with Gasteiger partial charge in [0.15, 0.2) is 0 Å². The van der Waals surface area contributed by atoms with Gasteiger partial charge in [0.2, 0.25) is 0 Å². The van der Waals surface area contributed by atoms with Gasteiger partial charge >= 0.3 is 5.97 Å². The number of aliphatic carboxylic acids is 1. The number of ether oxygens (including phenoxy) is 2. The van der Waals surface area contributed by atoms with Crippen molar-refractivity contribution in [1.29, 1.82) is 0 Å². The number of hydrogen-bond donors (Lipinski definition) is 1. The Morgan fingerprint density at radius 2 is 1.31 bits per heavy atom. The molecule has 36 heavy (non-hydrogen) atoms. The Bertz CT molecular complexity index is 1480. The largest absolute Gasteiger partial charge is 0.492 e. The van der Waals surface area contributed by atoms with E-state index in [0.29, 0.717) is 40.1 Å². The van der Waals surface area contributed by atoms with E-state index in [2.05, 4.69) is 0 Å². The second kappa shape index (κ2) is 9.54. The molecule has 1 aliphatic heterocycles. The zero-order valence-electron chi connectivity index (χ0n) is 19.6. The van der Waals surface area contributed by atoms with E-state index in [1.54, 1.807) is 24.3 Å². The first-order chi connectivity index (χ1) is 17.5. The zero-order chi connectivity index (χ0) is 25.2. The number of fused-ring (bicyclic) bond motifs is 2. The van der Waals surface area contributed by atoms with Gasteiger partial charge in [-0.25, -0.2) is 4.90 Å². The Hall–Kier alpha value is -4.65. The number of amides is 2. The van der Waals surface area contributed by atoms with Gasteiger partial charge in [-0.2, -0.15) is 0 Å². The molecule has 1 N–H and O–H groups in total. The van der Waals surface area contributed by atoms with Crippen molar-refractivity contribution in [2.45, 2.75) is 20.0 Å². The predicted molar refractivity (Wildman–Crippen MR) is 135 cm³/mol. The SMILES string of the molecule is CCOc1c2c(c(OCc3ccccc3)c3ccccc13)C(=O)N(c1ccc(CC(=O)O)cc1)C2=O. The van der Waals surface area contributed by atoms with Crippen molar-refractivity contribution in [3.05, 3.63) is 101 Å². The highest BCUT2D eigenvalue weighted by molar-refractivity contribution is 6.38. The number of rotatable bonds is 8. The van der Waals surface area contributed by atoms with Crippen molar-refractivity contribution < 1.29 is 29.0 Å². The first kappa shape index (κ1) is 23.1. The molecule has 2 amide bonds. The lowest BCUT2D eigenvalue weighted by atomic mass is 9.99. The number of carboxylic acid groups (broad SMARTS) is 1. The van der Waals surface area contributed by atoms with Crippen LogP contribution in [0.4, 0.5) is 5.69 Å². The fourth-order valence-electron chi connectivity index (χ4n) is 4.45. The third-order valence-electron chi connectivity index (χ3n) is 6.02. The Morgan fingerprint density at radius 1 is 0.750 bits per heavy atom. The van der Waals surface area contributed by atoms with Gasteiger partial charge in [-0.05, 0) is 30.2 Å². The van der Waals surface area contributed by atoms with Gasteiger partial charge in [0.05, 0.1) is 29.8 Å². The summed E-state index contributed by atoms with van der Waals surface area (Å²) in [5.74, 6) is -1.32. The van der Waals surface area contributed by atoms with E-state index < -0.39 is 17.8 Å². The lowest BCUT2D eigenvalue weighted by Gasteiger charge is -2.16. The van der Waals surface area contributed by atoms with Crippen LogP contribution < -0.4 is 14.4 Å². The molecule has 1 heterocycles. The summed E-state index contributed by atoms with van der Waals surface area (Å²) in [6.45, 7) is 2.35. The van der Waals surface area contributed by atoms with Crippen LogP contribution in [0.2, 0.25) is 0 Å². The van der Waals surface area contributed by atoms with Gasteiger partial charge in [0.25, 0.3) is 11.8 Å². The summed E-state index contributed by atoms with van der Waals surface area (Å²) in [6, 6.07) is 23.3. The molecule has 5 rings (SSSR count). The summed E-state index contributed by atoms with van der Waals surface area (Å²) in [5.41, 5.74) is 2.16. The van der Waals surface area contributed by atoms with Gasteiger partial charge in [-0.1, -0.05) is 66.7 Å². The van der Waals surface area contributed by atoms with Crippen LogP contribution in [-0.2, 0) is 17.8 Å². The van der Waals surface area contributed by atoms with Crippen LogP contribution in [0.25, 0.3) is 10.8 Å². The van der Waals surface area contributed by atoms with E-state index in [0.717, 1.165) is 10.5 Å². The highest BCUT2D eigenvalue weighted by atomic mass is 16.5. The third-order valence-corrected chi connectivity index (χ3v) is 6.02. The van der Waals surface area contributed by atoms with Gasteiger partial charge in [0, 0.05) is 10.8 Å². The standard InChI is InChI=1S/C29H23NO6/c1-2-35-26-21-10-6-7-11-22(21)27(36-17-19-8-4-3-5-9-19)25-24(26)28(33)30(29(25)34)20-14-12-18(13-15-20)16-23(31)32/h3-15H,2,16-17H2,1H3,(H,31,32). The second-order valence-corrected chi connectivity index (χ2v) is 8.34. The molecule has 0 bridgehead atoms. The van der Waals surface area contributed by atoms with Crippen molar-refractivity contribution in [3.63, 3.8) is 0 Å². The van der Waals surface area contributed by atoms with Crippen LogP contribution in [0.1, 0.15) is 38.8 Å². The number of carboxylic acids is 1. The highest BCUT2D eigenvalue weighted by Gasteiger charge is 2.43. The van der Waals surface area contributed by atoms with E-state index >= 15 is 0 Å². The molecular weight excluding hydrogens is 458 g/mol. The number of imide groups is 1. The van der Waals surface area contributed by atoms with E-state index in [1.165, 1.54) is 0 Å². The molecule has 0 aliphatic carbocycles. The number of benzene rings is 4. The molecule has 0 saturated carbocycles. The van der Waals surface area contributed by atoms with Crippen LogP contribution in [-0.4, -0.2) is 29.5 Å². The molecule has 4 aromatic carbocycles. The van der Waals surface area contributed by atoms with Crippen LogP contribution in [0, 0.1) is 0 Å². The first-order valence-electron chi connectivity index (χ1n) is 11.6. The molecule has 7 heteroatoms. The Balaban J connectivity index is 1.65. The molecular formula is C29H23NO6.